The SMILES string of the molecule is CCNC(=NCc1ccnc(OCc2ccccc2)c1)N1CCC(C(=O)OCC)CC1.I. The van der Waals surface area contributed by atoms with Gasteiger partial charge in [-0.1, -0.05) is 30.3 Å². The molecule has 1 aromatic heterocycles. The molecule has 0 unspecified atom stereocenters. The van der Waals surface area contributed by atoms with Crippen molar-refractivity contribution in [3.8, 4) is 5.88 Å². The molecule has 0 amide bonds. The monoisotopic (exact) mass is 552 g/mol. The zero-order valence-electron chi connectivity index (χ0n) is 18.8. The number of aliphatic imine (C=N–C) groups is 1. The van der Waals surface area contributed by atoms with E-state index >= 15 is 0 Å². The van der Waals surface area contributed by atoms with Crippen molar-refractivity contribution in [3.63, 3.8) is 0 Å². The third-order valence-corrected chi connectivity index (χ3v) is 5.19. The van der Waals surface area contributed by atoms with Crippen LogP contribution in [0, 0.1) is 5.92 Å². The van der Waals surface area contributed by atoms with Gasteiger partial charge in [0.25, 0.3) is 0 Å². The molecule has 7 nitrogen and oxygen atoms in total. The summed E-state index contributed by atoms with van der Waals surface area (Å²) in [6, 6.07) is 13.9. The van der Waals surface area contributed by atoms with Crippen LogP contribution in [-0.2, 0) is 22.7 Å². The van der Waals surface area contributed by atoms with Gasteiger partial charge >= 0.3 is 5.97 Å². The van der Waals surface area contributed by atoms with Crippen molar-refractivity contribution in [3.05, 3.63) is 59.8 Å². The topological polar surface area (TPSA) is 76.1 Å². The second-order valence-electron chi connectivity index (χ2n) is 7.46. The summed E-state index contributed by atoms with van der Waals surface area (Å²) in [5, 5.41) is 3.37. The number of piperidine rings is 1. The number of esters is 1. The molecule has 1 saturated heterocycles. The van der Waals surface area contributed by atoms with Crippen molar-refractivity contribution in [2.45, 2.75) is 39.8 Å². The first-order valence-corrected chi connectivity index (χ1v) is 11.0. The number of ether oxygens (including phenoxy) is 2. The zero-order valence-corrected chi connectivity index (χ0v) is 21.2. The van der Waals surface area contributed by atoms with E-state index < -0.39 is 0 Å². The van der Waals surface area contributed by atoms with Gasteiger partial charge in [0, 0.05) is 31.9 Å². The van der Waals surface area contributed by atoms with Gasteiger partial charge in [0.15, 0.2) is 5.96 Å². The molecule has 1 fully saturated rings. The van der Waals surface area contributed by atoms with E-state index in [2.05, 4.69) is 22.1 Å². The van der Waals surface area contributed by atoms with Gasteiger partial charge in [0.2, 0.25) is 5.88 Å². The fraction of sp³-hybridized carbons (Fsp3) is 0.458. The summed E-state index contributed by atoms with van der Waals surface area (Å²) in [6.07, 6.45) is 3.33. The number of guanidine groups is 1. The Balaban J connectivity index is 0.00000363. The van der Waals surface area contributed by atoms with Gasteiger partial charge in [-0.05, 0) is 43.9 Å². The van der Waals surface area contributed by atoms with E-state index in [1.165, 1.54) is 0 Å². The van der Waals surface area contributed by atoms with Gasteiger partial charge in [-0.3, -0.25) is 4.79 Å². The minimum atomic E-state index is -0.0797. The molecule has 0 radical (unpaired) electrons. The highest BCUT2D eigenvalue weighted by Crippen LogP contribution is 2.19. The third kappa shape index (κ3) is 7.96. The van der Waals surface area contributed by atoms with Crippen molar-refractivity contribution in [2.75, 3.05) is 26.2 Å². The smallest absolute Gasteiger partial charge is 0.309 e. The molecule has 8 heteroatoms. The molecule has 0 saturated carbocycles. The molecular formula is C24H33IN4O3. The van der Waals surface area contributed by atoms with Crippen LogP contribution >= 0.6 is 24.0 Å². The zero-order chi connectivity index (χ0) is 21.9. The summed E-state index contributed by atoms with van der Waals surface area (Å²) < 4.78 is 11.0. The van der Waals surface area contributed by atoms with Gasteiger partial charge < -0.3 is 19.7 Å². The number of carbonyl (C=O) groups excluding carboxylic acids is 1. The van der Waals surface area contributed by atoms with Crippen LogP contribution in [0.5, 0.6) is 5.88 Å². The van der Waals surface area contributed by atoms with Crippen LogP contribution in [0.1, 0.15) is 37.8 Å². The van der Waals surface area contributed by atoms with Gasteiger partial charge in [0.1, 0.15) is 6.61 Å². The Kier molecular flexibility index (Phi) is 11.3. The van der Waals surface area contributed by atoms with E-state index in [4.69, 9.17) is 14.5 Å². The summed E-state index contributed by atoms with van der Waals surface area (Å²) in [5.41, 5.74) is 2.14. The highest BCUT2D eigenvalue weighted by molar-refractivity contribution is 14.0. The quantitative estimate of drug-likeness (QED) is 0.231. The largest absolute Gasteiger partial charge is 0.473 e. The van der Waals surface area contributed by atoms with Gasteiger partial charge in [-0.2, -0.15) is 0 Å². The average Bonchev–Trinajstić information content (AvgIpc) is 2.82. The number of halogens is 1. The van der Waals surface area contributed by atoms with E-state index in [0.29, 0.717) is 25.6 Å². The maximum Gasteiger partial charge on any atom is 0.309 e. The molecule has 2 heterocycles. The molecule has 1 aliphatic rings. The van der Waals surface area contributed by atoms with Crippen LogP contribution in [-0.4, -0.2) is 48.1 Å². The summed E-state index contributed by atoms with van der Waals surface area (Å²) in [7, 11) is 0. The number of hydrogen-bond acceptors (Lipinski definition) is 5. The number of likely N-dealkylation sites (tertiary alicyclic amines) is 1. The number of aromatic nitrogens is 1. The maximum atomic E-state index is 12.0. The molecule has 0 atom stereocenters. The first kappa shape index (κ1) is 25.9. The number of carbonyl (C=O) groups is 1. The number of nitrogens with zero attached hydrogens (tertiary/aromatic N) is 3. The Labute approximate surface area is 207 Å². The summed E-state index contributed by atoms with van der Waals surface area (Å²) in [6.45, 7) is 7.73. The lowest BCUT2D eigenvalue weighted by atomic mass is 9.97. The summed E-state index contributed by atoms with van der Waals surface area (Å²) in [4.78, 5) is 23.3. The lowest BCUT2D eigenvalue weighted by molar-refractivity contribution is -0.149. The fourth-order valence-corrected chi connectivity index (χ4v) is 3.54. The van der Waals surface area contributed by atoms with Crippen LogP contribution in [0.2, 0.25) is 0 Å². The molecule has 2 aromatic rings. The minimum absolute atomic E-state index is 0. The molecule has 0 bridgehead atoms. The molecule has 0 aliphatic carbocycles. The standard InChI is InChI=1S/C24H32N4O3.HI/c1-3-25-24(28-14-11-21(12-15-28)23(29)30-4-2)27-17-20-10-13-26-22(16-20)31-18-19-8-6-5-7-9-19;/h5-10,13,16,21H,3-4,11-12,14-15,17-18H2,1-2H3,(H,25,27);1H. The first-order chi connectivity index (χ1) is 15.2. The van der Waals surface area contributed by atoms with E-state index in [0.717, 1.165) is 49.6 Å². The van der Waals surface area contributed by atoms with E-state index in [1.54, 1.807) is 6.20 Å². The van der Waals surface area contributed by atoms with Crippen LogP contribution < -0.4 is 10.1 Å². The lowest BCUT2D eigenvalue weighted by Crippen LogP contribution is -2.46. The number of nitrogens with one attached hydrogen (secondary N) is 1. The van der Waals surface area contributed by atoms with Crippen molar-refractivity contribution in [1.82, 2.24) is 15.2 Å². The average molecular weight is 552 g/mol. The number of rotatable bonds is 8. The predicted octanol–water partition coefficient (Wildman–Crippen LogP) is 4.02. The molecule has 1 N–H and O–H groups in total. The Morgan fingerprint density at radius 3 is 2.59 bits per heavy atom. The van der Waals surface area contributed by atoms with E-state index in [9.17, 15) is 4.79 Å². The lowest BCUT2D eigenvalue weighted by Gasteiger charge is -2.33. The van der Waals surface area contributed by atoms with Crippen LogP contribution in [0.25, 0.3) is 0 Å². The minimum Gasteiger partial charge on any atom is -0.473 e. The molecule has 1 aliphatic heterocycles. The highest BCUT2D eigenvalue weighted by Gasteiger charge is 2.27. The van der Waals surface area contributed by atoms with Crippen molar-refractivity contribution < 1.29 is 14.3 Å². The highest BCUT2D eigenvalue weighted by atomic mass is 127. The van der Waals surface area contributed by atoms with E-state index in [1.807, 2.05) is 49.4 Å². The van der Waals surface area contributed by atoms with Crippen molar-refractivity contribution in [2.24, 2.45) is 10.9 Å². The van der Waals surface area contributed by atoms with Crippen LogP contribution in [0.15, 0.2) is 53.7 Å². The summed E-state index contributed by atoms with van der Waals surface area (Å²) >= 11 is 0. The Hall–Kier alpha value is -2.36. The normalized spacial score (nSPS) is 14.4. The van der Waals surface area contributed by atoms with Gasteiger partial charge in [-0.15, -0.1) is 24.0 Å². The van der Waals surface area contributed by atoms with Crippen LogP contribution in [0.4, 0.5) is 0 Å². The number of hydrogen-bond donors (Lipinski definition) is 1. The molecule has 174 valence electrons. The van der Waals surface area contributed by atoms with Crippen LogP contribution in [0.3, 0.4) is 0 Å². The second kappa shape index (κ2) is 13.9. The number of benzene rings is 1. The van der Waals surface area contributed by atoms with Gasteiger partial charge in [-0.25, -0.2) is 9.98 Å². The Bertz CT molecular complexity index is 855. The number of pyridine rings is 1. The fourth-order valence-electron chi connectivity index (χ4n) is 3.54. The second-order valence-corrected chi connectivity index (χ2v) is 7.46. The molecule has 32 heavy (non-hydrogen) atoms. The van der Waals surface area contributed by atoms with Crippen molar-refractivity contribution >= 4 is 35.9 Å². The molecule has 3 rings (SSSR count). The summed E-state index contributed by atoms with van der Waals surface area (Å²) in [5.74, 6) is 1.37. The predicted molar refractivity (Wildman–Crippen MR) is 136 cm³/mol. The first-order valence-electron chi connectivity index (χ1n) is 11.0. The maximum absolute atomic E-state index is 12.0. The van der Waals surface area contributed by atoms with Gasteiger partial charge in [0.05, 0.1) is 19.1 Å². The van der Waals surface area contributed by atoms with E-state index in [-0.39, 0.29) is 35.9 Å². The molecule has 0 spiro atoms. The Morgan fingerprint density at radius 2 is 1.91 bits per heavy atom. The molecule has 1 aromatic carbocycles. The Morgan fingerprint density at radius 1 is 1.16 bits per heavy atom. The third-order valence-electron chi connectivity index (χ3n) is 5.19. The molecular weight excluding hydrogens is 519 g/mol. The van der Waals surface area contributed by atoms with Crippen molar-refractivity contribution in [1.29, 1.82) is 0 Å².